The Morgan fingerprint density at radius 3 is 2.14 bits per heavy atom. The number of rotatable bonds is 1. The van der Waals surface area contributed by atoms with Gasteiger partial charge in [0.25, 0.3) is 0 Å². The molecule has 0 amide bonds. The van der Waals surface area contributed by atoms with Crippen molar-refractivity contribution in [2.45, 2.75) is 28.0 Å². The first-order valence-electron chi connectivity index (χ1n) is 3.73. The molecule has 0 aromatic rings. The SMILES string of the molecule is OC[C@H]1N[C@@H](I)[C@@](O)(C(F)(F)F)[C@@H]1O. The Kier molecular flexibility index (Phi) is 3.32. The van der Waals surface area contributed by atoms with Crippen LogP contribution in [0.1, 0.15) is 0 Å². The van der Waals surface area contributed by atoms with Crippen LogP contribution < -0.4 is 5.32 Å². The van der Waals surface area contributed by atoms with Gasteiger partial charge in [-0.25, -0.2) is 0 Å². The fraction of sp³-hybridized carbons (Fsp3) is 1.00. The summed E-state index contributed by atoms with van der Waals surface area (Å²) in [5.41, 5.74) is -3.21. The van der Waals surface area contributed by atoms with Gasteiger partial charge in [-0.1, -0.05) is 22.6 Å². The van der Waals surface area contributed by atoms with E-state index in [0.717, 1.165) is 0 Å². The Morgan fingerprint density at radius 1 is 1.43 bits per heavy atom. The van der Waals surface area contributed by atoms with E-state index in [1.165, 1.54) is 22.6 Å². The summed E-state index contributed by atoms with van der Waals surface area (Å²) < 4.78 is 35.9. The van der Waals surface area contributed by atoms with E-state index >= 15 is 0 Å². The lowest BCUT2D eigenvalue weighted by Gasteiger charge is -2.31. The van der Waals surface area contributed by atoms with E-state index in [4.69, 9.17) is 5.11 Å². The molecule has 0 aromatic heterocycles. The summed E-state index contributed by atoms with van der Waals surface area (Å²) >= 11 is 1.34. The molecule has 0 aliphatic carbocycles. The van der Waals surface area contributed by atoms with Crippen molar-refractivity contribution in [2.75, 3.05) is 6.61 Å². The molecule has 0 aromatic carbocycles. The largest absolute Gasteiger partial charge is 0.422 e. The highest BCUT2D eigenvalue weighted by Crippen LogP contribution is 2.42. The molecule has 0 radical (unpaired) electrons. The fourth-order valence-corrected chi connectivity index (χ4v) is 2.51. The molecule has 1 aliphatic heterocycles. The highest BCUT2D eigenvalue weighted by atomic mass is 127. The first kappa shape index (κ1) is 12.4. The van der Waals surface area contributed by atoms with Gasteiger partial charge in [0.2, 0.25) is 5.60 Å². The second kappa shape index (κ2) is 3.74. The van der Waals surface area contributed by atoms with Crippen LogP contribution in [-0.2, 0) is 0 Å². The van der Waals surface area contributed by atoms with E-state index < -0.39 is 34.6 Å². The molecule has 0 bridgehead atoms. The van der Waals surface area contributed by atoms with Crippen molar-refractivity contribution >= 4 is 22.6 Å². The molecule has 4 atom stereocenters. The number of alkyl halides is 4. The van der Waals surface area contributed by atoms with Crippen LogP contribution in [0.15, 0.2) is 0 Å². The van der Waals surface area contributed by atoms with Gasteiger partial charge >= 0.3 is 6.18 Å². The number of halogens is 4. The highest BCUT2D eigenvalue weighted by Gasteiger charge is 2.67. The molecule has 84 valence electrons. The summed E-state index contributed by atoms with van der Waals surface area (Å²) in [7, 11) is 0. The van der Waals surface area contributed by atoms with Crippen molar-refractivity contribution in [1.29, 1.82) is 0 Å². The minimum Gasteiger partial charge on any atom is -0.395 e. The predicted molar refractivity (Wildman–Crippen MR) is 48.8 cm³/mol. The van der Waals surface area contributed by atoms with E-state index in [-0.39, 0.29) is 0 Å². The monoisotopic (exact) mass is 327 g/mol. The average Bonchev–Trinajstić information content (AvgIpc) is 2.29. The van der Waals surface area contributed by atoms with Crippen LogP contribution in [0.25, 0.3) is 0 Å². The zero-order valence-electron chi connectivity index (χ0n) is 6.79. The Hall–Kier alpha value is 0.360. The van der Waals surface area contributed by atoms with E-state index in [2.05, 4.69) is 5.32 Å². The molecule has 4 N–H and O–H groups in total. The third-order valence-electron chi connectivity index (χ3n) is 2.23. The van der Waals surface area contributed by atoms with Crippen LogP contribution in [0.2, 0.25) is 0 Å². The van der Waals surface area contributed by atoms with Crippen molar-refractivity contribution in [3.05, 3.63) is 0 Å². The zero-order valence-corrected chi connectivity index (χ0v) is 8.95. The molecule has 0 unspecified atom stereocenters. The van der Waals surface area contributed by atoms with Crippen LogP contribution in [-0.4, -0.2) is 49.9 Å². The maximum Gasteiger partial charge on any atom is 0.422 e. The standard InChI is InChI=1S/C6H9F3INO3/c7-6(8,9)5(14)3(13)2(1-12)11-4(5)10/h2-4,11-14H,1H2/t2-,3-,4-,5-/m1/s1. The smallest absolute Gasteiger partial charge is 0.395 e. The molecular weight excluding hydrogens is 318 g/mol. The lowest BCUT2D eigenvalue weighted by Crippen LogP contribution is -2.58. The number of aliphatic hydroxyl groups is 3. The summed E-state index contributed by atoms with van der Waals surface area (Å²) in [5.74, 6) is 0. The summed E-state index contributed by atoms with van der Waals surface area (Å²) in [6.07, 6.45) is -7.00. The van der Waals surface area contributed by atoms with Gasteiger partial charge in [-0.15, -0.1) is 0 Å². The van der Waals surface area contributed by atoms with Gasteiger partial charge in [0.15, 0.2) is 0 Å². The maximum atomic E-state index is 12.4. The van der Waals surface area contributed by atoms with Gasteiger partial charge in [0.05, 0.1) is 12.6 Å². The molecule has 0 spiro atoms. The van der Waals surface area contributed by atoms with Gasteiger partial charge in [-0.05, 0) is 0 Å². The topological polar surface area (TPSA) is 72.7 Å². The minimum atomic E-state index is -4.94. The van der Waals surface area contributed by atoms with Gasteiger partial charge < -0.3 is 15.3 Å². The lowest BCUT2D eigenvalue weighted by atomic mass is 9.96. The van der Waals surface area contributed by atoms with Crippen LogP contribution >= 0.6 is 22.6 Å². The van der Waals surface area contributed by atoms with Crippen molar-refractivity contribution in [3.63, 3.8) is 0 Å². The second-order valence-corrected chi connectivity index (χ2v) is 4.33. The van der Waals surface area contributed by atoms with E-state index in [9.17, 15) is 23.4 Å². The maximum absolute atomic E-state index is 12.4. The minimum absolute atomic E-state index is 0.668. The Bertz CT molecular complexity index is 227. The fourth-order valence-electron chi connectivity index (χ4n) is 1.33. The van der Waals surface area contributed by atoms with Crippen LogP contribution in [0.4, 0.5) is 13.2 Å². The van der Waals surface area contributed by atoms with E-state index in [1.807, 2.05) is 0 Å². The molecule has 4 nitrogen and oxygen atoms in total. The van der Waals surface area contributed by atoms with Crippen LogP contribution in [0, 0.1) is 0 Å². The summed E-state index contributed by atoms with van der Waals surface area (Å²) in [5, 5.41) is 29.4. The Balaban J connectivity index is 2.99. The number of hydrogen-bond acceptors (Lipinski definition) is 4. The molecule has 1 saturated heterocycles. The summed E-state index contributed by atoms with van der Waals surface area (Å²) in [6, 6.07) is -1.16. The molecule has 1 fully saturated rings. The molecule has 0 saturated carbocycles. The first-order valence-corrected chi connectivity index (χ1v) is 4.98. The third-order valence-corrected chi connectivity index (χ3v) is 3.54. The third kappa shape index (κ3) is 1.62. The summed E-state index contributed by atoms with van der Waals surface area (Å²) in [6.45, 7) is -0.668. The van der Waals surface area contributed by atoms with Gasteiger partial charge in [-0.2, -0.15) is 13.2 Å². The quantitative estimate of drug-likeness (QED) is 0.294. The average molecular weight is 327 g/mol. The first-order chi connectivity index (χ1) is 6.25. The number of hydrogen-bond donors (Lipinski definition) is 4. The van der Waals surface area contributed by atoms with Crippen molar-refractivity contribution in [3.8, 4) is 0 Å². The Labute approximate surface area is 91.2 Å². The number of nitrogens with one attached hydrogen (secondary N) is 1. The molecule has 1 aliphatic rings. The lowest BCUT2D eigenvalue weighted by molar-refractivity contribution is -0.279. The highest BCUT2D eigenvalue weighted by molar-refractivity contribution is 14.1. The second-order valence-electron chi connectivity index (χ2n) is 3.09. The van der Waals surface area contributed by atoms with E-state index in [1.54, 1.807) is 0 Å². The normalized spacial score (nSPS) is 44.4. The molecule has 1 heterocycles. The molecule has 1 rings (SSSR count). The number of aliphatic hydroxyl groups excluding tert-OH is 2. The van der Waals surface area contributed by atoms with Gasteiger partial charge in [0.1, 0.15) is 10.2 Å². The van der Waals surface area contributed by atoms with Crippen molar-refractivity contribution < 1.29 is 28.5 Å². The zero-order chi connectivity index (χ0) is 11.1. The van der Waals surface area contributed by atoms with Gasteiger partial charge in [0, 0.05) is 0 Å². The van der Waals surface area contributed by atoms with Gasteiger partial charge in [-0.3, -0.25) is 5.32 Å². The van der Waals surface area contributed by atoms with Crippen molar-refractivity contribution in [2.24, 2.45) is 0 Å². The van der Waals surface area contributed by atoms with Crippen LogP contribution in [0.5, 0.6) is 0 Å². The molecular formula is C6H9F3INO3. The molecule has 14 heavy (non-hydrogen) atoms. The van der Waals surface area contributed by atoms with E-state index in [0.29, 0.717) is 0 Å². The van der Waals surface area contributed by atoms with Crippen molar-refractivity contribution in [1.82, 2.24) is 5.32 Å². The molecule has 8 heteroatoms. The summed E-state index contributed by atoms with van der Waals surface area (Å²) in [4.78, 5) is 0. The predicted octanol–water partition coefficient (Wildman–Crippen LogP) is -0.634. The van der Waals surface area contributed by atoms with Crippen LogP contribution in [0.3, 0.4) is 0 Å². The Morgan fingerprint density at radius 2 is 1.93 bits per heavy atom.